The van der Waals surface area contributed by atoms with Gasteiger partial charge in [-0.2, -0.15) is 0 Å². The Kier molecular flexibility index (Phi) is 8.94. The summed E-state index contributed by atoms with van der Waals surface area (Å²) >= 11 is 6.09. The van der Waals surface area contributed by atoms with Crippen molar-refractivity contribution in [2.45, 2.75) is 27.1 Å². The van der Waals surface area contributed by atoms with Crippen LogP contribution in [0.25, 0.3) is 0 Å². The molecule has 0 spiro atoms. The summed E-state index contributed by atoms with van der Waals surface area (Å²) in [6.07, 6.45) is 0. The van der Waals surface area contributed by atoms with Gasteiger partial charge in [0.15, 0.2) is 17.3 Å². The molecule has 0 bridgehead atoms. The van der Waals surface area contributed by atoms with Crippen LogP contribution < -0.4 is 24.3 Å². The highest BCUT2D eigenvalue weighted by atomic mass is 35.5. The molecule has 0 fully saturated rings. The molecule has 0 saturated carbocycles. The Morgan fingerprint density at radius 2 is 1.54 bits per heavy atom. The molecule has 0 aliphatic rings. The number of carbonyl (C=O) groups excluding carboxylic acids is 1. The minimum atomic E-state index is -0.365. The number of hydrogen-bond donors (Lipinski definition) is 1. The first-order chi connectivity index (χ1) is 18.1. The molecule has 7 nitrogen and oxygen atoms in total. The number of hydrogen-bond acceptors (Lipinski definition) is 6. The molecule has 4 rings (SSSR count). The number of furan rings is 1. The van der Waals surface area contributed by atoms with Crippen molar-refractivity contribution in [3.05, 3.63) is 101 Å². The molecule has 0 atom stereocenters. The number of ether oxygens (including phenoxy) is 4. The third-order valence-electron chi connectivity index (χ3n) is 5.22. The Balaban J connectivity index is 1.29. The van der Waals surface area contributed by atoms with Crippen LogP contribution in [0.2, 0.25) is 5.02 Å². The first-order valence-corrected chi connectivity index (χ1v) is 12.3. The predicted octanol–water partition coefficient (Wildman–Crippen LogP) is 7.14. The Morgan fingerprint density at radius 3 is 2.30 bits per heavy atom. The first-order valence-electron chi connectivity index (χ1n) is 11.9. The van der Waals surface area contributed by atoms with E-state index < -0.39 is 0 Å². The minimum Gasteiger partial charge on any atom is -0.490 e. The molecule has 4 aromatic rings. The van der Waals surface area contributed by atoms with Gasteiger partial charge < -0.3 is 28.7 Å². The summed E-state index contributed by atoms with van der Waals surface area (Å²) in [6.45, 7) is 5.50. The molecule has 0 aliphatic heterocycles. The van der Waals surface area contributed by atoms with Gasteiger partial charge in [-0.25, -0.2) is 0 Å². The zero-order chi connectivity index (χ0) is 26.0. The minimum absolute atomic E-state index is 0.156. The summed E-state index contributed by atoms with van der Waals surface area (Å²) in [6, 6.07) is 23.3. The maximum absolute atomic E-state index is 12.6. The van der Waals surface area contributed by atoms with Crippen molar-refractivity contribution in [2.24, 2.45) is 0 Å². The van der Waals surface area contributed by atoms with Gasteiger partial charge in [-0.05, 0) is 80.1 Å². The highest BCUT2D eigenvalue weighted by Gasteiger charge is 2.13. The van der Waals surface area contributed by atoms with Gasteiger partial charge in [-0.3, -0.25) is 4.79 Å². The number of amides is 1. The Labute approximate surface area is 220 Å². The quantitative estimate of drug-likeness (QED) is 0.213. The lowest BCUT2D eigenvalue weighted by molar-refractivity contribution is 0.0992. The number of carbonyl (C=O) groups is 1. The SMILES string of the molecule is CCOc1ccc(COc2ccc(NC(=O)c3ccc(COc4ccccc4Cl)o3)cc2)cc1OCC. The third kappa shape index (κ3) is 7.21. The second-order valence-corrected chi connectivity index (χ2v) is 8.31. The fourth-order valence-electron chi connectivity index (χ4n) is 3.47. The zero-order valence-corrected chi connectivity index (χ0v) is 21.4. The molecule has 0 radical (unpaired) electrons. The smallest absolute Gasteiger partial charge is 0.291 e. The van der Waals surface area contributed by atoms with Gasteiger partial charge >= 0.3 is 0 Å². The summed E-state index contributed by atoms with van der Waals surface area (Å²) in [5.41, 5.74) is 1.57. The molecule has 1 aromatic heterocycles. The summed E-state index contributed by atoms with van der Waals surface area (Å²) in [4.78, 5) is 12.6. The number of para-hydroxylation sites is 1. The van der Waals surface area contributed by atoms with Crippen molar-refractivity contribution in [2.75, 3.05) is 18.5 Å². The highest BCUT2D eigenvalue weighted by molar-refractivity contribution is 6.32. The van der Waals surface area contributed by atoms with E-state index in [1.165, 1.54) is 0 Å². The van der Waals surface area contributed by atoms with Gasteiger partial charge in [0.25, 0.3) is 5.91 Å². The lowest BCUT2D eigenvalue weighted by atomic mass is 10.2. The van der Waals surface area contributed by atoms with Crippen LogP contribution in [0, 0.1) is 0 Å². The topological polar surface area (TPSA) is 79.2 Å². The van der Waals surface area contributed by atoms with E-state index in [2.05, 4.69) is 5.32 Å². The van der Waals surface area contributed by atoms with E-state index in [0.29, 0.717) is 59.3 Å². The van der Waals surface area contributed by atoms with Gasteiger partial charge in [-0.1, -0.05) is 29.8 Å². The highest BCUT2D eigenvalue weighted by Crippen LogP contribution is 2.29. The Bertz CT molecular complexity index is 1320. The van der Waals surface area contributed by atoms with Crippen molar-refractivity contribution in [1.82, 2.24) is 0 Å². The van der Waals surface area contributed by atoms with Crippen molar-refractivity contribution in [3.8, 4) is 23.0 Å². The van der Waals surface area contributed by atoms with E-state index >= 15 is 0 Å². The molecular formula is C29H28ClNO6. The first kappa shape index (κ1) is 26.0. The molecule has 8 heteroatoms. The number of anilines is 1. The van der Waals surface area contributed by atoms with E-state index in [1.807, 2.05) is 44.2 Å². The van der Waals surface area contributed by atoms with Crippen LogP contribution >= 0.6 is 11.6 Å². The van der Waals surface area contributed by atoms with Gasteiger partial charge in [0.2, 0.25) is 0 Å². The van der Waals surface area contributed by atoms with Gasteiger partial charge in [0.05, 0.1) is 18.2 Å². The van der Waals surface area contributed by atoms with Crippen LogP contribution in [0.5, 0.6) is 23.0 Å². The van der Waals surface area contributed by atoms with Crippen LogP contribution in [0.3, 0.4) is 0 Å². The number of benzene rings is 3. The molecule has 1 N–H and O–H groups in total. The molecule has 1 amide bonds. The van der Waals surface area contributed by atoms with Crippen LogP contribution in [-0.2, 0) is 13.2 Å². The van der Waals surface area contributed by atoms with Crippen molar-refractivity contribution in [1.29, 1.82) is 0 Å². The van der Waals surface area contributed by atoms with Crippen LogP contribution in [0.15, 0.2) is 83.3 Å². The second kappa shape index (κ2) is 12.7. The van der Waals surface area contributed by atoms with Crippen molar-refractivity contribution >= 4 is 23.2 Å². The largest absolute Gasteiger partial charge is 0.490 e. The van der Waals surface area contributed by atoms with Crippen molar-refractivity contribution < 1.29 is 28.2 Å². The maximum atomic E-state index is 12.6. The van der Waals surface area contributed by atoms with Gasteiger partial charge in [0, 0.05) is 5.69 Å². The van der Waals surface area contributed by atoms with Crippen LogP contribution in [0.1, 0.15) is 35.7 Å². The van der Waals surface area contributed by atoms with E-state index in [-0.39, 0.29) is 18.3 Å². The summed E-state index contributed by atoms with van der Waals surface area (Å²) in [5, 5.41) is 3.32. The molecular weight excluding hydrogens is 494 g/mol. The standard InChI is InChI=1S/C29H28ClNO6/c1-3-33-26-15-9-20(17-28(26)34-4-2)18-35-22-12-10-21(11-13-22)31-29(32)27-16-14-23(37-27)19-36-25-8-6-5-7-24(25)30/h5-17H,3-4,18-19H2,1-2H3,(H,31,32). The van der Waals surface area contributed by atoms with E-state index in [9.17, 15) is 4.79 Å². The summed E-state index contributed by atoms with van der Waals surface area (Å²) < 4.78 is 28.4. The lowest BCUT2D eigenvalue weighted by Crippen LogP contribution is -2.10. The molecule has 37 heavy (non-hydrogen) atoms. The van der Waals surface area contributed by atoms with Gasteiger partial charge in [0.1, 0.15) is 30.5 Å². The third-order valence-corrected chi connectivity index (χ3v) is 5.53. The van der Waals surface area contributed by atoms with Gasteiger partial charge in [-0.15, -0.1) is 0 Å². The summed E-state index contributed by atoms with van der Waals surface area (Å²) in [7, 11) is 0. The van der Waals surface area contributed by atoms with E-state index in [1.54, 1.807) is 48.5 Å². The zero-order valence-electron chi connectivity index (χ0n) is 20.7. The Hall–Kier alpha value is -4.10. The normalized spacial score (nSPS) is 10.6. The molecule has 1 heterocycles. The average Bonchev–Trinajstić information content (AvgIpc) is 3.39. The lowest BCUT2D eigenvalue weighted by Gasteiger charge is -2.13. The van der Waals surface area contributed by atoms with E-state index in [0.717, 1.165) is 5.56 Å². The molecule has 0 aliphatic carbocycles. The van der Waals surface area contributed by atoms with E-state index in [4.69, 9.17) is 35.0 Å². The number of rotatable bonds is 12. The summed E-state index contributed by atoms with van der Waals surface area (Å²) in [5.74, 6) is 2.95. The fourth-order valence-corrected chi connectivity index (χ4v) is 3.66. The number of halogens is 1. The average molecular weight is 522 g/mol. The second-order valence-electron chi connectivity index (χ2n) is 7.90. The van der Waals surface area contributed by atoms with Crippen LogP contribution in [-0.4, -0.2) is 19.1 Å². The molecule has 0 unspecified atom stereocenters. The molecule has 0 saturated heterocycles. The monoisotopic (exact) mass is 521 g/mol. The number of nitrogens with one attached hydrogen (secondary N) is 1. The maximum Gasteiger partial charge on any atom is 0.291 e. The molecule has 192 valence electrons. The Morgan fingerprint density at radius 1 is 0.784 bits per heavy atom. The van der Waals surface area contributed by atoms with Crippen molar-refractivity contribution in [3.63, 3.8) is 0 Å². The fraction of sp³-hybridized carbons (Fsp3) is 0.207. The van der Waals surface area contributed by atoms with Crippen LogP contribution in [0.4, 0.5) is 5.69 Å². The molecule has 3 aromatic carbocycles. The predicted molar refractivity (Wildman–Crippen MR) is 142 cm³/mol.